The SMILES string of the molecule is COc1ccc(Oc2ccc(C(F)(F)F)cc2Br)cc1N. The lowest BCUT2D eigenvalue weighted by Gasteiger charge is -2.12. The van der Waals surface area contributed by atoms with Crippen molar-refractivity contribution in [3.05, 3.63) is 46.4 Å². The van der Waals surface area contributed by atoms with Crippen LogP contribution >= 0.6 is 15.9 Å². The van der Waals surface area contributed by atoms with Gasteiger partial charge in [-0.05, 0) is 46.3 Å². The first-order chi connectivity index (χ1) is 9.81. The summed E-state index contributed by atoms with van der Waals surface area (Å²) in [5.74, 6) is 1.15. The number of hydrogen-bond acceptors (Lipinski definition) is 3. The van der Waals surface area contributed by atoms with Crippen LogP contribution in [0.25, 0.3) is 0 Å². The van der Waals surface area contributed by atoms with E-state index in [2.05, 4.69) is 15.9 Å². The summed E-state index contributed by atoms with van der Waals surface area (Å²) in [5, 5.41) is 0. The van der Waals surface area contributed by atoms with Gasteiger partial charge in [0.1, 0.15) is 17.2 Å². The third kappa shape index (κ3) is 3.60. The second-order valence-electron chi connectivity index (χ2n) is 4.15. The van der Waals surface area contributed by atoms with Gasteiger partial charge in [-0.15, -0.1) is 0 Å². The van der Waals surface area contributed by atoms with E-state index in [-0.39, 0.29) is 10.2 Å². The van der Waals surface area contributed by atoms with Gasteiger partial charge in [-0.1, -0.05) is 0 Å². The van der Waals surface area contributed by atoms with Gasteiger partial charge in [0.2, 0.25) is 0 Å². The van der Waals surface area contributed by atoms with Crippen LogP contribution in [0, 0.1) is 0 Å². The van der Waals surface area contributed by atoms with Crippen molar-refractivity contribution >= 4 is 21.6 Å². The van der Waals surface area contributed by atoms with E-state index in [0.29, 0.717) is 17.2 Å². The Morgan fingerprint density at radius 3 is 2.24 bits per heavy atom. The van der Waals surface area contributed by atoms with E-state index >= 15 is 0 Å². The zero-order valence-corrected chi connectivity index (χ0v) is 12.5. The number of hydrogen-bond donors (Lipinski definition) is 1. The van der Waals surface area contributed by atoms with E-state index in [0.717, 1.165) is 12.1 Å². The van der Waals surface area contributed by atoms with Gasteiger partial charge in [0.05, 0.1) is 22.8 Å². The Morgan fingerprint density at radius 2 is 1.71 bits per heavy atom. The number of halogens is 4. The van der Waals surface area contributed by atoms with Crippen LogP contribution in [0.15, 0.2) is 40.9 Å². The molecule has 112 valence electrons. The highest BCUT2D eigenvalue weighted by molar-refractivity contribution is 9.10. The summed E-state index contributed by atoms with van der Waals surface area (Å²) in [5.41, 5.74) is 5.36. The minimum Gasteiger partial charge on any atom is -0.495 e. The fourth-order valence-electron chi connectivity index (χ4n) is 1.66. The summed E-state index contributed by atoms with van der Waals surface area (Å²) >= 11 is 3.06. The molecule has 2 aromatic carbocycles. The number of methoxy groups -OCH3 is 1. The summed E-state index contributed by atoms with van der Waals surface area (Å²) in [6.07, 6.45) is -4.40. The van der Waals surface area contributed by atoms with Crippen LogP contribution in [0.4, 0.5) is 18.9 Å². The molecule has 0 aliphatic heterocycles. The second-order valence-corrected chi connectivity index (χ2v) is 5.00. The van der Waals surface area contributed by atoms with E-state index < -0.39 is 11.7 Å². The summed E-state index contributed by atoms with van der Waals surface area (Å²) in [7, 11) is 1.48. The van der Waals surface area contributed by atoms with Crippen molar-refractivity contribution < 1.29 is 22.6 Å². The third-order valence-corrected chi connectivity index (χ3v) is 3.31. The Bertz CT molecular complexity index is 659. The maximum absolute atomic E-state index is 12.6. The number of nitrogens with two attached hydrogens (primary N) is 1. The van der Waals surface area contributed by atoms with Gasteiger partial charge in [0.15, 0.2) is 0 Å². The lowest BCUT2D eigenvalue weighted by Crippen LogP contribution is -2.04. The lowest BCUT2D eigenvalue weighted by atomic mass is 10.2. The Hall–Kier alpha value is -1.89. The van der Waals surface area contributed by atoms with Gasteiger partial charge in [0.25, 0.3) is 0 Å². The van der Waals surface area contributed by atoms with E-state index in [4.69, 9.17) is 15.2 Å². The highest BCUT2D eigenvalue weighted by Gasteiger charge is 2.31. The monoisotopic (exact) mass is 361 g/mol. The molecule has 0 aromatic heterocycles. The second kappa shape index (κ2) is 5.85. The molecule has 0 spiro atoms. The lowest BCUT2D eigenvalue weighted by molar-refractivity contribution is -0.137. The number of alkyl halides is 3. The maximum Gasteiger partial charge on any atom is 0.416 e. The molecule has 0 fully saturated rings. The minimum atomic E-state index is -4.40. The Kier molecular flexibility index (Phi) is 4.32. The van der Waals surface area contributed by atoms with Gasteiger partial charge < -0.3 is 15.2 Å². The average Bonchev–Trinajstić information content (AvgIpc) is 2.40. The number of benzene rings is 2. The van der Waals surface area contributed by atoms with Gasteiger partial charge in [-0.3, -0.25) is 0 Å². The van der Waals surface area contributed by atoms with Gasteiger partial charge >= 0.3 is 6.18 Å². The molecule has 0 amide bonds. The Labute approximate surface area is 127 Å². The molecule has 21 heavy (non-hydrogen) atoms. The van der Waals surface area contributed by atoms with Crippen molar-refractivity contribution in [2.45, 2.75) is 6.18 Å². The molecule has 0 bridgehead atoms. The molecular formula is C14H11BrF3NO2. The average molecular weight is 362 g/mol. The molecular weight excluding hydrogens is 351 g/mol. The van der Waals surface area contributed by atoms with Crippen LogP contribution in [0.5, 0.6) is 17.2 Å². The fraction of sp³-hybridized carbons (Fsp3) is 0.143. The van der Waals surface area contributed by atoms with E-state index in [9.17, 15) is 13.2 Å². The molecule has 7 heteroatoms. The first kappa shape index (κ1) is 15.5. The molecule has 0 aliphatic carbocycles. The summed E-state index contributed by atoms with van der Waals surface area (Å²) in [6.45, 7) is 0. The quantitative estimate of drug-likeness (QED) is 0.794. The van der Waals surface area contributed by atoms with Gasteiger partial charge in [0, 0.05) is 6.07 Å². The smallest absolute Gasteiger partial charge is 0.416 e. The van der Waals surface area contributed by atoms with Crippen LogP contribution in [0.3, 0.4) is 0 Å². The van der Waals surface area contributed by atoms with Crippen LogP contribution in [-0.4, -0.2) is 7.11 Å². The standard InChI is InChI=1S/C14H11BrF3NO2/c1-20-13-5-3-9(7-11(13)19)21-12-4-2-8(6-10(12)15)14(16,17)18/h2-7H,19H2,1H3. The zero-order chi connectivity index (χ0) is 15.6. The molecule has 0 saturated carbocycles. The topological polar surface area (TPSA) is 44.5 Å². The molecule has 0 saturated heterocycles. The Balaban J connectivity index is 2.26. The number of rotatable bonds is 3. The molecule has 2 rings (SSSR count). The molecule has 3 nitrogen and oxygen atoms in total. The third-order valence-electron chi connectivity index (χ3n) is 2.69. The van der Waals surface area contributed by atoms with Crippen LogP contribution in [0.1, 0.15) is 5.56 Å². The molecule has 0 atom stereocenters. The summed E-state index contributed by atoms with van der Waals surface area (Å²) in [4.78, 5) is 0. The van der Waals surface area contributed by atoms with E-state index in [1.807, 2.05) is 0 Å². The molecule has 0 unspecified atom stereocenters. The van der Waals surface area contributed by atoms with Crippen molar-refractivity contribution in [3.63, 3.8) is 0 Å². The van der Waals surface area contributed by atoms with Gasteiger partial charge in [-0.2, -0.15) is 13.2 Å². The zero-order valence-electron chi connectivity index (χ0n) is 10.9. The summed E-state index contributed by atoms with van der Waals surface area (Å²) < 4.78 is 48.4. The number of anilines is 1. The fourth-order valence-corrected chi connectivity index (χ4v) is 2.12. The minimum absolute atomic E-state index is 0.201. The highest BCUT2D eigenvalue weighted by atomic mass is 79.9. The number of ether oxygens (including phenoxy) is 2. The van der Waals surface area contributed by atoms with Crippen molar-refractivity contribution in [1.82, 2.24) is 0 Å². The first-order valence-electron chi connectivity index (χ1n) is 5.79. The van der Waals surface area contributed by atoms with E-state index in [1.54, 1.807) is 12.1 Å². The van der Waals surface area contributed by atoms with Crippen LogP contribution in [-0.2, 0) is 6.18 Å². The maximum atomic E-state index is 12.6. The first-order valence-corrected chi connectivity index (χ1v) is 6.58. The van der Waals surface area contributed by atoms with Gasteiger partial charge in [-0.25, -0.2) is 0 Å². The largest absolute Gasteiger partial charge is 0.495 e. The van der Waals surface area contributed by atoms with Crippen molar-refractivity contribution in [2.24, 2.45) is 0 Å². The van der Waals surface area contributed by atoms with Crippen LogP contribution in [0.2, 0.25) is 0 Å². The molecule has 0 aliphatic rings. The van der Waals surface area contributed by atoms with Crippen LogP contribution < -0.4 is 15.2 Å². The molecule has 2 N–H and O–H groups in total. The molecule has 0 heterocycles. The molecule has 2 aromatic rings. The molecule has 0 radical (unpaired) electrons. The predicted molar refractivity (Wildman–Crippen MR) is 76.6 cm³/mol. The summed E-state index contributed by atoms with van der Waals surface area (Å²) in [6, 6.07) is 7.91. The Morgan fingerprint density at radius 1 is 1.05 bits per heavy atom. The normalized spacial score (nSPS) is 11.3. The van der Waals surface area contributed by atoms with Crippen molar-refractivity contribution in [2.75, 3.05) is 12.8 Å². The van der Waals surface area contributed by atoms with Crippen molar-refractivity contribution in [1.29, 1.82) is 0 Å². The van der Waals surface area contributed by atoms with Crippen molar-refractivity contribution in [3.8, 4) is 17.2 Å². The highest BCUT2D eigenvalue weighted by Crippen LogP contribution is 2.37. The predicted octanol–water partition coefficient (Wildman–Crippen LogP) is 4.85. The number of nitrogen functional groups attached to an aromatic ring is 1. The van der Waals surface area contributed by atoms with E-state index in [1.165, 1.54) is 19.2 Å².